The van der Waals surface area contributed by atoms with Gasteiger partial charge in [-0.3, -0.25) is 24.1 Å². The van der Waals surface area contributed by atoms with Crippen LogP contribution in [-0.2, 0) is 4.79 Å². The summed E-state index contributed by atoms with van der Waals surface area (Å²) < 4.78 is 0. The number of aromatic nitrogens is 1. The van der Waals surface area contributed by atoms with Gasteiger partial charge in [0.2, 0.25) is 5.91 Å². The van der Waals surface area contributed by atoms with Crippen molar-refractivity contribution in [3.05, 3.63) is 23.5 Å². The first-order valence-corrected chi connectivity index (χ1v) is 6.92. The molecular formula is C12H13N3O4S. The van der Waals surface area contributed by atoms with E-state index in [1.807, 2.05) is 0 Å². The minimum absolute atomic E-state index is 0.134. The van der Waals surface area contributed by atoms with Crippen LogP contribution < -0.4 is 5.32 Å². The quantitative estimate of drug-likeness (QED) is 0.777. The van der Waals surface area contributed by atoms with Gasteiger partial charge in [-0.05, 0) is 13.0 Å². The Kier molecular flexibility index (Phi) is 4.23. The van der Waals surface area contributed by atoms with Crippen molar-refractivity contribution in [1.29, 1.82) is 0 Å². The molecule has 3 amide bonds. The van der Waals surface area contributed by atoms with Crippen LogP contribution in [0.1, 0.15) is 27.8 Å². The highest BCUT2D eigenvalue weighted by Crippen LogP contribution is 2.17. The van der Waals surface area contributed by atoms with E-state index in [0.717, 1.165) is 16.7 Å². The number of hydrogen-bond donors (Lipinski definition) is 2. The summed E-state index contributed by atoms with van der Waals surface area (Å²) in [4.78, 5) is 49.3. The maximum atomic E-state index is 11.8. The van der Waals surface area contributed by atoms with E-state index < -0.39 is 0 Å². The van der Waals surface area contributed by atoms with Crippen LogP contribution in [0.5, 0.6) is 0 Å². The fourth-order valence-corrected chi connectivity index (χ4v) is 2.45. The number of H-pyrrole nitrogens is 1. The molecule has 1 aliphatic rings. The van der Waals surface area contributed by atoms with Crippen LogP contribution in [0, 0.1) is 0 Å². The number of nitrogens with one attached hydrogen (secondary N) is 2. The van der Waals surface area contributed by atoms with Crippen molar-refractivity contribution in [2.45, 2.75) is 6.92 Å². The number of rotatable bonds is 5. The van der Waals surface area contributed by atoms with Crippen LogP contribution in [0.25, 0.3) is 0 Å². The zero-order chi connectivity index (χ0) is 14.7. The third kappa shape index (κ3) is 3.08. The number of carbonyl (C=O) groups is 4. The SMILES string of the molecule is CC(=O)c1c[nH]c(C(=O)NCCN2C(=O)CSC2=O)c1. The van der Waals surface area contributed by atoms with Gasteiger partial charge in [0.25, 0.3) is 11.1 Å². The first-order valence-electron chi connectivity index (χ1n) is 5.93. The Balaban J connectivity index is 1.84. The molecule has 0 unspecified atom stereocenters. The van der Waals surface area contributed by atoms with Gasteiger partial charge in [0.1, 0.15) is 5.69 Å². The average Bonchev–Trinajstić information content (AvgIpc) is 3.00. The van der Waals surface area contributed by atoms with E-state index in [-0.39, 0.29) is 47.4 Å². The molecule has 2 heterocycles. The summed E-state index contributed by atoms with van der Waals surface area (Å²) in [6, 6.07) is 1.46. The Bertz CT molecular complexity index is 565. The number of carbonyl (C=O) groups excluding carboxylic acids is 4. The molecule has 8 heteroatoms. The van der Waals surface area contributed by atoms with Crippen molar-refractivity contribution in [3.8, 4) is 0 Å². The summed E-state index contributed by atoms with van der Waals surface area (Å²) in [5, 5.41) is 2.29. The predicted molar refractivity (Wildman–Crippen MR) is 72.7 cm³/mol. The molecule has 0 spiro atoms. The summed E-state index contributed by atoms with van der Waals surface area (Å²) in [6.07, 6.45) is 1.46. The lowest BCUT2D eigenvalue weighted by atomic mass is 10.2. The Morgan fingerprint density at radius 2 is 2.20 bits per heavy atom. The average molecular weight is 295 g/mol. The van der Waals surface area contributed by atoms with Crippen LogP contribution >= 0.6 is 11.8 Å². The molecule has 0 aliphatic carbocycles. The van der Waals surface area contributed by atoms with E-state index in [1.165, 1.54) is 19.2 Å². The number of nitrogens with zero attached hydrogens (tertiary/aromatic N) is 1. The van der Waals surface area contributed by atoms with E-state index in [9.17, 15) is 19.2 Å². The molecule has 20 heavy (non-hydrogen) atoms. The third-order valence-electron chi connectivity index (χ3n) is 2.80. The number of ketones is 1. The first-order chi connectivity index (χ1) is 9.49. The second kappa shape index (κ2) is 5.91. The number of Topliss-reactive ketones (excluding diaryl/α,β-unsaturated/α-hetero) is 1. The summed E-state index contributed by atoms with van der Waals surface area (Å²) in [6.45, 7) is 1.73. The molecule has 1 aromatic rings. The Morgan fingerprint density at radius 3 is 2.75 bits per heavy atom. The molecule has 0 radical (unpaired) electrons. The second-order valence-corrected chi connectivity index (χ2v) is 5.14. The van der Waals surface area contributed by atoms with E-state index in [2.05, 4.69) is 10.3 Å². The molecule has 0 saturated carbocycles. The molecule has 2 N–H and O–H groups in total. The van der Waals surface area contributed by atoms with Gasteiger partial charge in [0.15, 0.2) is 5.78 Å². The van der Waals surface area contributed by atoms with Crippen LogP contribution in [0.2, 0.25) is 0 Å². The van der Waals surface area contributed by atoms with Gasteiger partial charge in [-0.1, -0.05) is 11.8 Å². The Hall–Kier alpha value is -2.09. The van der Waals surface area contributed by atoms with Crippen molar-refractivity contribution in [2.24, 2.45) is 0 Å². The van der Waals surface area contributed by atoms with Gasteiger partial charge < -0.3 is 10.3 Å². The maximum absolute atomic E-state index is 11.8. The van der Waals surface area contributed by atoms with E-state index in [0.29, 0.717) is 5.56 Å². The van der Waals surface area contributed by atoms with Gasteiger partial charge in [-0.2, -0.15) is 0 Å². The van der Waals surface area contributed by atoms with Crippen molar-refractivity contribution in [3.63, 3.8) is 0 Å². The third-order valence-corrected chi connectivity index (χ3v) is 3.65. The normalized spacial score (nSPS) is 14.8. The van der Waals surface area contributed by atoms with Crippen LogP contribution in [-0.4, -0.2) is 51.6 Å². The van der Waals surface area contributed by atoms with Crippen molar-refractivity contribution >= 4 is 34.6 Å². The summed E-state index contributed by atoms with van der Waals surface area (Å²) in [7, 11) is 0. The molecule has 1 saturated heterocycles. The van der Waals surface area contributed by atoms with Crippen molar-refractivity contribution in [1.82, 2.24) is 15.2 Å². The molecule has 2 rings (SSSR count). The van der Waals surface area contributed by atoms with Gasteiger partial charge in [-0.15, -0.1) is 0 Å². The first kappa shape index (κ1) is 14.3. The number of aromatic amines is 1. The molecule has 1 aromatic heterocycles. The number of imide groups is 1. The molecule has 0 aromatic carbocycles. The summed E-state index contributed by atoms with van der Waals surface area (Å²) in [5.41, 5.74) is 0.695. The van der Waals surface area contributed by atoms with Crippen molar-refractivity contribution < 1.29 is 19.2 Å². The lowest BCUT2D eigenvalue weighted by Crippen LogP contribution is -2.37. The molecule has 106 valence electrons. The topological polar surface area (TPSA) is 99.3 Å². The molecule has 1 aliphatic heterocycles. The van der Waals surface area contributed by atoms with E-state index >= 15 is 0 Å². The molecule has 0 bridgehead atoms. The summed E-state index contributed by atoms with van der Waals surface area (Å²) in [5.74, 6) is -0.603. The minimum Gasteiger partial charge on any atom is -0.356 e. The largest absolute Gasteiger partial charge is 0.356 e. The van der Waals surface area contributed by atoms with Gasteiger partial charge in [0, 0.05) is 24.8 Å². The van der Waals surface area contributed by atoms with Crippen molar-refractivity contribution in [2.75, 3.05) is 18.8 Å². The highest BCUT2D eigenvalue weighted by molar-refractivity contribution is 8.14. The molecule has 7 nitrogen and oxygen atoms in total. The Labute approximate surface area is 119 Å². The van der Waals surface area contributed by atoms with E-state index in [4.69, 9.17) is 0 Å². The minimum atomic E-state index is -0.385. The summed E-state index contributed by atoms with van der Waals surface area (Å²) >= 11 is 0.956. The lowest BCUT2D eigenvalue weighted by Gasteiger charge is -2.12. The molecule has 1 fully saturated rings. The lowest BCUT2D eigenvalue weighted by molar-refractivity contribution is -0.124. The van der Waals surface area contributed by atoms with Crippen LogP contribution in [0.15, 0.2) is 12.3 Å². The predicted octanol–water partition coefficient (Wildman–Crippen LogP) is 0.643. The Morgan fingerprint density at radius 1 is 1.45 bits per heavy atom. The smallest absolute Gasteiger partial charge is 0.288 e. The van der Waals surface area contributed by atoms with E-state index in [1.54, 1.807) is 0 Å². The zero-order valence-electron chi connectivity index (χ0n) is 10.8. The highest BCUT2D eigenvalue weighted by Gasteiger charge is 2.29. The highest BCUT2D eigenvalue weighted by atomic mass is 32.2. The van der Waals surface area contributed by atoms with Gasteiger partial charge in [-0.25, -0.2) is 0 Å². The maximum Gasteiger partial charge on any atom is 0.288 e. The number of thioether (sulfide) groups is 1. The number of amides is 3. The molecular weight excluding hydrogens is 282 g/mol. The zero-order valence-corrected chi connectivity index (χ0v) is 11.6. The number of hydrogen-bond acceptors (Lipinski definition) is 5. The molecule has 0 atom stereocenters. The van der Waals surface area contributed by atoms with Gasteiger partial charge in [0.05, 0.1) is 5.75 Å². The standard InChI is InChI=1S/C12H13N3O4S/c1-7(16)8-4-9(14-5-8)11(18)13-2-3-15-10(17)6-20-12(15)19/h4-5,14H,2-3,6H2,1H3,(H,13,18). The van der Waals surface area contributed by atoms with Crippen LogP contribution in [0.4, 0.5) is 4.79 Å². The van der Waals surface area contributed by atoms with Crippen LogP contribution in [0.3, 0.4) is 0 Å². The fraction of sp³-hybridized carbons (Fsp3) is 0.333. The second-order valence-electron chi connectivity index (χ2n) is 4.21. The fourth-order valence-electron chi connectivity index (χ4n) is 1.70. The van der Waals surface area contributed by atoms with Gasteiger partial charge >= 0.3 is 0 Å². The monoisotopic (exact) mass is 295 g/mol.